The maximum absolute atomic E-state index is 13.2. The second kappa shape index (κ2) is 2.92. The van der Waals surface area contributed by atoms with Crippen LogP contribution in [0.5, 0.6) is 0 Å². The van der Waals surface area contributed by atoms with Crippen molar-refractivity contribution in [1.82, 2.24) is 4.98 Å². The number of benzene rings is 1. The van der Waals surface area contributed by atoms with Crippen molar-refractivity contribution in [2.45, 2.75) is 6.92 Å². The molecule has 0 radical (unpaired) electrons. The number of hydrogen-bond donors (Lipinski definition) is 1. The van der Waals surface area contributed by atoms with Crippen LogP contribution in [0.4, 0.5) is 9.52 Å². The second-order valence-electron chi connectivity index (χ2n) is 2.72. The molecule has 1 aromatic heterocycles. The Morgan fingerprint density at radius 2 is 2.31 bits per heavy atom. The van der Waals surface area contributed by atoms with Crippen molar-refractivity contribution in [3.8, 4) is 0 Å². The summed E-state index contributed by atoms with van der Waals surface area (Å²) in [6.45, 7) is 1.82. The van der Waals surface area contributed by atoms with Gasteiger partial charge in [-0.2, -0.15) is 0 Å². The van der Waals surface area contributed by atoms with Crippen molar-refractivity contribution in [3.05, 3.63) is 21.9 Å². The predicted molar refractivity (Wildman–Crippen MR) is 56.4 cm³/mol. The quantitative estimate of drug-likeness (QED) is 0.791. The van der Waals surface area contributed by atoms with Gasteiger partial charge in [-0.3, -0.25) is 0 Å². The van der Waals surface area contributed by atoms with Gasteiger partial charge in [0.05, 0.1) is 14.7 Å². The molecule has 0 saturated heterocycles. The molecular weight excluding hydrogens is 255 g/mol. The Kier molecular flexibility index (Phi) is 2.00. The summed E-state index contributed by atoms with van der Waals surface area (Å²) in [4.78, 5) is 4.11. The fourth-order valence-corrected chi connectivity index (χ4v) is 2.56. The number of halogens is 2. The third-order valence-electron chi connectivity index (χ3n) is 1.77. The highest BCUT2D eigenvalue weighted by atomic mass is 79.9. The number of rotatable bonds is 0. The van der Waals surface area contributed by atoms with Crippen LogP contribution in [-0.2, 0) is 0 Å². The first-order chi connectivity index (χ1) is 6.09. The van der Waals surface area contributed by atoms with E-state index >= 15 is 0 Å². The van der Waals surface area contributed by atoms with Gasteiger partial charge >= 0.3 is 0 Å². The van der Waals surface area contributed by atoms with Gasteiger partial charge in [-0.25, -0.2) is 9.37 Å². The summed E-state index contributed by atoms with van der Waals surface area (Å²) < 4.78 is 14.4. The van der Waals surface area contributed by atoms with Gasteiger partial charge in [0.15, 0.2) is 5.13 Å². The van der Waals surface area contributed by atoms with Crippen LogP contribution < -0.4 is 5.73 Å². The lowest BCUT2D eigenvalue weighted by Crippen LogP contribution is -1.84. The van der Waals surface area contributed by atoms with E-state index in [4.69, 9.17) is 5.73 Å². The van der Waals surface area contributed by atoms with Crippen LogP contribution in [0.3, 0.4) is 0 Å². The number of fused-ring (bicyclic) bond motifs is 1. The van der Waals surface area contributed by atoms with E-state index < -0.39 is 0 Å². The van der Waals surface area contributed by atoms with E-state index in [1.165, 1.54) is 17.4 Å². The summed E-state index contributed by atoms with van der Waals surface area (Å²) >= 11 is 4.45. The molecule has 0 unspecified atom stereocenters. The molecule has 68 valence electrons. The zero-order chi connectivity index (χ0) is 9.59. The fourth-order valence-electron chi connectivity index (χ4n) is 1.18. The third-order valence-corrected chi connectivity index (χ3v) is 3.71. The molecule has 2 N–H and O–H groups in total. The standard InChI is InChI=1S/C8H6BrFN2S/c1-3-2-4(10)5(9)7-6(3)12-8(11)13-7/h2H,1H3,(H2,11,12). The molecular formula is C8H6BrFN2S. The molecule has 5 heteroatoms. The van der Waals surface area contributed by atoms with Crippen molar-refractivity contribution in [2.24, 2.45) is 0 Å². The highest BCUT2D eigenvalue weighted by Crippen LogP contribution is 2.34. The Bertz CT molecular complexity index is 480. The molecule has 1 aromatic carbocycles. The maximum Gasteiger partial charge on any atom is 0.181 e. The Morgan fingerprint density at radius 3 is 3.00 bits per heavy atom. The molecule has 0 spiro atoms. The predicted octanol–water partition coefficient (Wildman–Crippen LogP) is 3.09. The molecule has 0 aliphatic heterocycles. The normalized spacial score (nSPS) is 11.0. The first-order valence-corrected chi connectivity index (χ1v) is 5.21. The average Bonchev–Trinajstić information content (AvgIpc) is 2.44. The van der Waals surface area contributed by atoms with Gasteiger partial charge in [-0.1, -0.05) is 11.3 Å². The molecule has 2 nitrogen and oxygen atoms in total. The number of anilines is 1. The van der Waals surface area contributed by atoms with Gasteiger partial charge in [0.25, 0.3) is 0 Å². The smallest absolute Gasteiger partial charge is 0.181 e. The molecule has 1 heterocycles. The van der Waals surface area contributed by atoms with Crippen molar-refractivity contribution >= 4 is 42.6 Å². The van der Waals surface area contributed by atoms with Crippen LogP contribution in [0.1, 0.15) is 5.56 Å². The number of aryl methyl sites for hydroxylation is 1. The summed E-state index contributed by atoms with van der Waals surface area (Å²) in [6.07, 6.45) is 0. The Hall–Kier alpha value is -0.680. The van der Waals surface area contributed by atoms with E-state index in [1.807, 2.05) is 6.92 Å². The molecule has 0 fully saturated rings. The SMILES string of the molecule is Cc1cc(F)c(Br)c2sc(N)nc12. The molecule has 0 bridgehead atoms. The lowest BCUT2D eigenvalue weighted by Gasteiger charge is -1.98. The number of nitrogen functional groups attached to an aromatic ring is 1. The summed E-state index contributed by atoms with van der Waals surface area (Å²) in [6, 6.07) is 1.45. The summed E-state index contributed by atoms with van der Waals surface area (Å²) in [5.74, 6) is -0.270. The van der Waals surface area contributed by atoms with E-state index in [-0.39, 0.29) is 5.82 Å². The zero-order valence-corrected chi connectivity index (χ0v) is 9.17. The molecule has 0 aliphatic carbocycles. The van der Waals surface area contributed by atoms with Gasteiger partial charge in [0.1, 0.15) is 5.82 Å². The topological polar surface area (TPSA) is 38.9 Å². The number of thiazole rings is 1. The van der Waals surface area contributed by atoms with Crippen molar-refractivity contribution < 1.29 is 4.39 Å². The molecule has 2 aromatic rings. The molecule has 0 atom stereocenters. The van der Waals surface area contributed by atoms with E-state index in [9.17, 15) is 4.39 Å². The first-order valence-electron chi connectivity index (χ1n) is 3.60. The van der Waals surface area contributed by atoms with Gasteiger partial charge in [0.2, 0.25) is 0 Å². The highest BCUT2D eigenvalue weighted by molar-refractivity contribution is 9.10. The summed E-state index contributed by atoms with van der Waals surface area (Å²) in [7, 11) is 0. The molecule has 0 aliphatic rings. The summed E-state index contributed by atoms with van der Waals surface area (Å²) in [5.41, 5.74) is 7.13. The largest absolute Gasteiger partial charge is 0.375 e. The fraction of sp³-hybridized carbons (Fsp3) is 0.125. The van der Waals surface area contributed by atoms with Crippen LogP contribution in [0.25, 0.3) is 10.2 Å². The third kappa shape index (κ3) is 1.32. The van der Waals surface area contributed by atoms with Gasteiger partial charge in [-0.05, 0) is 34.5 Å². The van der Waals surface area contributed by atoms with Crippen LogP contribution in [0, 0.1) is 12.7 Å². The maximum atomic E-state index is 13.2. The van der Waals surface area contributed by atoms with Crippen molar-refractivity contribution in [1.29, 1.82) is 0 Å². The van der Waals surface area contributed by atoms with Crippen LogP contribution in [0.15, 0.2) is 10.5 Å². The minimum atomic E-state index is -0.270. The highest BCUT2D eigenvalue weighted by Gasteiger charge is 2.11. The Balaban J connectivity index is 2.95. The number of aromatic nitrogens is 1. The molecule has 2 rings (SSSR count). The number of nitrogens with zero attached hydrogens (tertiary/aromatic N) is 1. The molecule has 13 heavy (non-hydrogen) atoms. The van der Waals surface area contributed by atoms with Gasteiger partial charge < -0.3 is 5.73 Å². The van der Waals surface area contributed by atoms with Crippen molar-refractivity contribution in [3.63, 3.8) is 0 Å². The van der Waals surface area contributed by atoms with Crippen molar-refractivity contribution in [2.75, 3.05) is 5.73 Å². The van der Waals surface area contributed by atoms with E-state index in [1.54, 1.807) is 0 Å². The Labute approximate surface area is 86.7 Å². The first kappa shape index (κ1) is 8.90. The monoisotopic (exact) mass is 260 g/mol. The second-order valence-corrected chi connectivity index (χ2v) is 4.54. The van der Waals surface area contributed by atoms with E-state index in [0.29, 0.717) is 9.60 Å². The van der Waals surface area contributed by atoms with Crippen LogP contribution in [-0.4, -0.2) is 4.98 Å². The summed E-state index contributed by atoms with van der Waals surface area (Å²) in [5, 5.41) is 0.462. The lowest BCUT2D eigenvalue weighted by molar-refractivity contribution is 0.622. The zero-order valence-electron chi connectivity index (χ0n) is 6.77. The van der Waals surface area contributed by atoms with Crippen LogP contribution >= 0.6 is 27.3 Å². The van der Waals surface area contributed by atoms with E-state index in [0.717, 1.165) is 15.8 Å². The van der Waals surface area contributed by atoms with E-state index in [2.05, 4.69) is 20.9 Å². The lowest BCUT2D eigenvalue weighted by atomic mass is 10.2. The van der Waals surface area contributed by atoms with Crippen LogP contribution in [0.2, 0.25) is 0 Å². The number of nitrogens with two attached hydrogens (primary N) is 1. The van der Waals surface area contributed by atoms with Gasteiger partial charge in [0, 0.05) is 0 Å². The molecule has 0 amide bonds. The molecule has 0 saturated carbocycles. The number of hydrogen-bond acceptors (Lipinski definition) is 3. The average molecular weight is 261 g/mol. The van der Waals surface area contributed by atoms with Gasteiger partial charge in [-0.15, -0.1) is 0 Å². The Morgan fingerprint density at radius 1 is 1.62 bits per heavy atom. The minimum Gasteiger partial charge on any atom is -0.375 e. The minimum absolute atomic E-state index is 0.270.